The molecule has 2 rings (SSSR count). The standard InChI is InChI=1S/C15H17ClN2O4/c1-3-10-4-6-17(7-5-10)13-9-12(16)11(15(19)22-2)8-14(13)18(20)21/h3,8-10H,1,4-7H2,2H3. The molecule has 0 spiro atoms. The first kappa shape index (κ1) is 16.3. The summed E-state index contributed by atoms with van der Waals surface area (Å²) < 4.78 is 4.60. The number of carbonyl (C=O) groups excluding carboxylic acids is 1. The second kappa shape index (κ2) is 6.79. The fourth-order valence-corrected chi connectivity index (χ4v) is 2.83. The third-order valence-electron chi connectivity index (χ3n) is 3.88. The lowest BCUT2D eigenvalue weighted by Gasteiger charge is -2.32. The number of nitro groups is 1. The summed E-state index contributed by atoms with van der Waals surface area (Å²) in [6.45, 7) is 5.16. The van der Waals surface area contributed by atoms with Crippen LogP contribution in [0.4, 0.5) is 11.4 Å². The Hall–Kier alpha value is -2.08. The number of halogens is 1. The highest BCUT2D eigenvalue weighted by atomic mass is 35.5. The third-order valence-corrected chi connectivity index (χ3v) is 4.19. The van der Waals surface area contributed by atoms with Crippen LogP contribution in [0.3, 0.4) is 0 Å². The summed E-state index contributed by atoms with van der Waals surface area (Å²) in [6, 6.07) is 2.66. The number of allylic oxidation sites excluding steroid dienone is 1. The zero-order valence-electron chi connectivity index (χ0n) is 12.3. The topological polar surface area (TPSA) is 72.7 Å². The number of hydrogen-bond acceptors (Lipinski definition) is 5. The van der Waals surface area contributed by atoms with E-state index in [-0.39, 0.29) is 16.3 Å². The van der Waals surface area contributed by atoms with E-state index in [9.17, 15) is 14.9 Å². The molecule has 0 saturated carbocycles. The molecule has 22 heavy (non-hydrogen) atoms. The van der Waals surface area contributed by atoms with Gasteiger partial charge in [0, 0.05) is 19.2 Å². The minimum atomic E-state index is -0.690. The molecule has 6 nitrogen and oxygen atoms in total. The largest absolute Gasteiger partial charge is 0.465 e. The van der Waals surface area contributed by atoms with Gasteiger partial charge in [-0.3, -0.25) is 10.1 Å². The van der Waals surface area contributed by atoms with Crippen LogP contribution in [0.5, 0.6) is 0 Å². The smallest absolute Gasteiger partial charge is 0.339 e. The van der Waals surface area contributed by atoms with E-state index in [1.807, 2.05) is 11.0 Å². The molecule has 1 aliphatic heterocycles. The number of benzene rings is 1. The fraction of sp³-hybridized carbons (Fsp3) is 0.400. The Balaban J connectivity index is 2.39. The van der Waals surface area contributed by atoms with Crippen molar-refractivity contribution >= 4 is 28.9 Å². The minimum Gasteiger partial charge on any atom is -0.465 e. The van der Waals surface area contributed by atoms with Gasteiger partial charge < -0.3 is 9.64 Å². The van der Waals surface area contributed by atoms with Gasteiger partial charge in [0.2, 0.25) is 0 Å². The lowest BCUT2D eigenvalue weighted by Crippen LogP contribution is -2.33. The van der Waals surface area contributed by atoms with Crippen molar-refractivity contribution in [1.82, 2.24) is 0 Å². The van der Waals surface area contributed by atoms with Crippen LogP contribution >= 0.6 is 11.6 Å². The van der Waals surface area contributed by atoms with Gasteiger partial charge >= 0.3 is 5.97 Å². The number of nitrogens with zero attached hydrogens (tertiary/aromatic N) is 2. The van der Waals surface area contributed by atoms with Crippen LogP contribution in [-0.2, 0) is 4.74 Å². The summed E-state index contributed by atoms with van der Waals surface area (Å²) in [5.74, 6) is -0.259. The SMILES string of the molecule is C=CC1CCN(c2cc(Cl)c(C(=O)OC)cc2[N+](=O)[O-])CC1. The van der Waals surface area contributed by atoms with Gasteiger partial charge in [0.05, 0.1) is 22.6 Å². The average molecular weight is 325 g/mol. The Morgan fingerprint density at radius 3 is 2.64 bits per heavy atom. The van der Waals surface area contributed by atoms with Crippen LogP contribution in [0.1, 0.15) is 23.2 Å². The summed E-state index contributed by atoms with van der Waals surface area (Å²) in [5, 5.41) is 11.5. The molecule has 0 aromatic heterocycles. The average Bonchev–Trinajstić information content (AvgIpc) is 2.53. The molecule has 1 saturated heterocycles. The number of methoxy groups -OCH3 is 1. The third kappa shape index (κ3) is 3.22. The molecule has 1 aromatic rings. The maximum Gasteiger partial charge on any atom is 0.339 e. The van der Waals surface area contributed by atoms with Crippen molar-refractivity contribution in [2.75, 3.05) is 25.1 Å². The molecule has 1 aromatic carbocycles. The Kier molecular flexibility index (Phi) is 5.03. The van der Waals surface area contributed by atoms with E-state index < -0.39 is 10.9 Å². The van der Waals surface area contributed by atoms with E-state index in [2.05, 4.69) is 11.3 Å². The van der Waals surface area contributed by atoms with Crippen molar-refractivity contribution in [2.24, 2.45) is 5.92 Å². The Morgan fingerprint density at radius 1 is 1.50 bits per heavy atom. The van der Waals surface area contributed by atoms with Crippen molar-refractivity contribution in [3.63, 3.8) is 0 Å². The molecule has 1 fully saturated rings. The molecule has 118 valence electrons. The van der Waals surface area contributed by atoms with Gasteiger partial charge in [-0.05, 0) is 24.8 Å². The highest BCUT2D eigenvalue weighted by molar-refractivity contribution is 6.34. The molecule has 0 N–H and O–H groups in total. The first-order valence-corrected chi connectivity index (χ1v) is 7.29. The number of hydrogen-bond donors (Lipinski definition) is 0. The molecule has 0 unspecified atom stereocenters. The zero-order valence-corrected chi connectivity index (χ0v) is 13.0. The van der Waals surface area contributed by atoms with Crippen LogP contribution in [0.15, 0.2) is 24.8 Å². The van der Waals surface area contributed by atoms with E-state index in [1.54, 1.807) is 0 Å². The Bertz CT molecular complexity index is 610. The zero-order chi connectivity index (χ0) is 16.3. The van der Waals surface area contributed by atoms with E-state index in [0.717, 1.165) is 12.8 Å². The molecule has 1 aliphatic rings. The summed E-state index contributed by atoms with van der Waals surface area (Å²) in [6.07, 6.45) is 3.69. The molecule has 0 radical (unpaired) electrons. The highest BCUT2D eigenvalue weighted by Crippen LogP contribution is 2.36. The maximum absolute atomic E-state index is 11.6. The molecule has 0 atom stereocenters. The molecular formula is C15H17ClN2O4. The quantitative estimate of drug-likeness (QED) is 0.367. The number of esters is 1. The lowest BCUT2D eigenvalue weighted by atomic mass is 9.96. The number of ether oxygens (including phenoxy) is 1. The van der Waals surface area contributed by atoms with Crippen molar-refractivity contribution in [3.8, 4) is 0 Å². The molecule has 7 heteroatoms. The van der Waals surface area contributed by atoms with Crippen LogP contribution in [0.2, 0.25) is 5.02 Å². The number of carbonyl (C=O) groups is 1. The van der Waals surface area contributed by atoms with Crippen LogP contribution in [0, 0.1) is 16.0 Å². The van der Waals surface area contributed by atoms with E-state index >= 15 is 0 Å². The van der Waals surface area contributed by atoms with E-state index in [1.165, 1.54) is 19.2 Å². The predicted octanol–water partition coefficient (Wildman–Crippen LogP) is 3.44. The second-order valence-electron chi connectivity index (χ2n) is 5.13. The summed E-state index contributed by atoms with van der Waals surface area (Å²) in [5.41, 5.74) is 0.299. The van der Waals surface area contributed by atoms with Gasteiger partial charge in [0.25, 0.3) is 5.69 Å². The first-order valence-electron chi connectivity index (χ1n) is 6.91. The number of rotatable bonds is 4. The van der Waals surface area contributed by atoms with Crippen molar-refractivity contribution < 1.29 is 14.5 Å². The van der Waals surface area contributed by atoms with Gasteiger partial charge in [-0.2, -0.15) is 0 Å². The molecule has 0 amide bonds. The van der Waals surface area contributed by atoms with Crippen LogP contribution in [0.25, 0.3) is 0 Å². The number of anilines is 1. The molecule has 1 heterocycles. The Labute approximate surface area is 133 Å². The van der Waals surface area contributed by atoms with E-state index in [0.29, 0.717) is 24.7 Å². The normalized spacial score (nSPS) is 15.5. The highest BCUT2D eigenvalue weighted by Gasteiger charge is 2.27. The monoisotopic (exact) mass is 324 g/mol. The predicted molar refractivity (Wildman–Crippen MR) is 84.6 cm³/mol. The van der Waals surface area contributed by atoms with Crippen LogP contribution < -0.4 is 4.90 Å². The number of piperidine rings is 1. The number of nitro benzene ring substituents is 1. The van der Waals surface area contributed by atoms with Crippen molar-refractivity contribution in [1.29, 1.82) is 0 Å². The second-order valence-corrected chi connectivity index (χ2v) is 5.54. The van der Waals surface area contributed by atoms with Crippen molar-refractivity contribution in [2.45, 2.75) is 12.8 Å². The molecule has 0 bridgehead atoms. The van der Waals surface area contributed by atoms with Gasteiger partial charge in [0.1, 0.15) is 5.69 Å². The van der Waals surface area contributed by atoms with Gasteiger partial charge in [-0.1, -0.05) is 17.7 Å². The first-order chi connectivity index (χ1) is 10.5. The Morgan fingerprint density at radius 2 is 2.14 bits per heavy atom. The van der Waals surface area contributed by atoms with Gasteiger partial charge in [-0.25, -0.2) is 4.79 Å². The molecular weight excluding hydrogens is 308 g/mol. The van der Waals surface area contributed by atoms with Crippen molar-refractivity contribution in [3.05, 3.63) is 45.5 Å². The summed E-state index contributed by atoms with van der Waals surface area (Å²) >= 11 is 6.09. The fourth-order valence-electron chi connectivity index (χ4n) is 2.59. The summed E-state index contributed by atoms with van der Waals surface area (Å²) in [7, 11) is 1.21. The minimum absolute atomic E-state index is 0.000550. The van der Waals surface area contributed by atoms with Gasteiger partial charge in [-0.15, -0.1) is 6.58 Å². The van der Waals surface area contributed by atoms with Crippen LogP contribution in [-0.4, -0.2) is 31.1 Å². The summed E-state index contributed by atoms with van der Waals surface area (Å²) in [4.78, 5) is 24.4. The maximum atomic E-state index is 11.6. The van der Waals surface area contributed by atoms with Gasteiger partial charge in [0.15, 0.2) is 0 Å². The van der Waals surface area contributed by atoms with E-state index in [4.69, 9.17) is 11.6 Å². The lowest BCUT2D eigenvalue weighted by molar-refractivity contribution is -0.384. The molecule has 0 aliphatic carbocycles.